The number of hydrogen-bond donors (Lipinski definition) is 2. The molecule has 1 aliphatic carbocycles. The summed E-state index contributed by atoms with van der Waals surface area (Å²) >= 11 is 0. The molecule has 0 spiro atoms. The number of benzene rings is 2. The summed E-state index contributed by atoms with van der Waals surface area (Å²) in [5, 5.41) is 12.0. The quantitative estimate of drug-likeness (QED) is 0.779. The van der Waals surface area contributed by atoms with E-state index in [1.165, 1.54) is 0 Å². The molecule has 0 bridgehead atoms. The van der Waals surface area contributed by atoms with Crippen LogP contribution in [0.4, 0.5) is 4.79 Å². The van der Waals surface area contributed by atoms with Crippen molar-refractivity contribution in [3.63, 3.8) is 0 Å². The van der Waals surface area contributed by atoms with E-state index in [1.54, 1.807) is 0 Å². The van der Waals surface area contributed by atoms with Crippen LogP contribution < -0.4 is 5.32 Å². The summed E-state index contributed by atoms with van der Waals surface area (Å²) in [6.45, 7) is 2.81. The predicted molar refractivity (Wildman–Crippen MR) is 107 cm³/mol. The van der Waals surface area contributed by atoms with Crippen LogP contribution in [-0.4, -0.2) is 67.6 Å². The normalized spacial score (nSPS) is 17.2. The number of fused-ring (bicyclic) bond motifs is 3. The fourth-order valence-electron chi connectivity index (χ4n) is 4.01. The van der Waals surface area contributed by atoms with Gasteiger partial charge in [-0.25, -0.2) is 9.59 Å². The Hall–Kier alpha value is -2.90. The summed E-state index contributed by atoms with van der Waals surface area (Å²) < 4.78 is 10.7. The Morgan fingerprint density at radius 1 is 1.07 bits per heavy atom. The Bertz CT molecular complexity index is 849. The van der Waals surface area contributed by atoms with Crippen LogP contribution in [0.1, 0.15) is 17.0 Å². The van der Waals surface area contributed by atoms with Gasteiger partial charge in [-0.05, 0) is 22.3 Å². The minimum absolute atomic E-state index is 0.0596. The molecule has 1 aliphatic heterocycles. The number of carbonyl (C=O) groups excluding carboxylic acids is 1. The predicted octanol–water partition coefficient (Wildman–Crippen LogP) is 2.31. The largest absolute Gasteiger partial charge is 0.480 e. The number of aliphatic carboxylic acids is 1. The number of alkyl carbamates (subject to hydrolysis) is 1. The summed E-state index contributed by atoms with van der Waals surface area (Å²) in [5.41, 5.74) is 4.52. The number of rotatable bonds is 6. The lowest BCUT2D eigenvalue weighted by atomic mass is 9.98. The molecule has 1 amide bonds. The van der Waals surface area contributed by atoms with Crippen molar-refractivity contribution in [1.29, 1.82) is 0 Å². The summed E-state index contributed by atoms with van der Waals surface area (Å²) in [4.78, 5) is 25.9. The molecule has 0 saturated carbocycles. The van der Waals surface area contributed by atoms with E-state index in [1.807, 2.05) is 41.3 Å². The highest BCUT2D eigenvalue weighted by molar-refractivity contribution is 5.81. The third-order valence-electron chi connectivity index (χ3n) is 5.48. The van der Waals surface area contributed by atoms with Crippen LogP contribution in [0, 0.1) is 0 Å². The van der Waals surface area contributed by atoms with E-state index in [2.05, 4.69) is 17.4 Å². The zero-order valence-corrected chi connectivity index (χ0v) is 16.0. The maximum atomic E-state index is 12.3. The summed E-state index contributed by atoms with van der Waals surface area (Å²) in [6, 6.07) is 15.1. The number of nitrogens with one attached hydrogen (secondary N) is 1. The zero-order chi connectivity index (χ0) is 20.2. The highest BCUT2D eigenvalue weighted by Crippen LogP contribution is 2.44. The third-order valence-corrected chi connectivity index (χ3v) is 5.48. The Morgan fingerprint density at radius 2 is 1.66 bits per heavy atom. The SMILES string of the molecule is O=C(N[C@@H](CN1CCOCC1)C(=O)O)OCC1c2ccccc2-c2ccccc21. The average Bonchev–Trinajstić information content (AvgIpc) is 3.06. The molecule has 4 rings (SSSR count). The molecule has 29 heavy (non-hydrogen) atoms. The second-order valence-electron chi connectivity index (χ2n) is 7.27. The maximum absolute atomic E-state index is 12.3. The molecule has 1 fully saturated rings. The van der Waals surface area contributed by atoms with E-state index >= 15 is 0 Å². The number of carbonyl (C=O) groups is 2. The number of morpholine rings is 1. The summed E-state index contributed by atoms with van der Waals surface area (Å²) in [6.07, 6.45) is -0.715. The second-order valence-corrected chi connectivity index (χ2v) is 7.27. The van der Waals surface area contributed by atoms with Crippen molar-refractivity contribution < 1.29 is 24.2 Å². The van der Waals surface area contributed by atoms with Gasteiger partial charge in [0.1, 0.15) is 12.6 Å². The summed E-state index contributed by atoms with van der Waals surface area (Å²) in [5.74, 6) is -1.14. The van der Waals surface area contributed by atoms with Gasteiger partial charge in [-0.3, -0.25) is 4.90 Å². The first kappa shape index (κ1) is 19.4. The molecular weight excluding hydrogens is 372 g/mol. The topological polar surface area (TPSA) is 88.1 Å². The molecule has 2 aromatic carbocycles. The molecule has 1 heterocycles. The number of nitrogens with zero attached hydrogens (tertiary/aromatic N) is 1. The minimum Gasteiger partial charge on any atom is -0.480 e. The van der Waals surface area contributed by atoms with Gasteiger partial charge >= 0.3 is 12.1 Å². The highest BCUT2D eigenvalue weighted by atomic mass is 16.5. The fraction of sp³-hybridized carbons (Fsp3) is 0.364. The van der Waals surface area contributed by atoms with Crippen molar-refractivity contribution in [1.82, 2.24) is 10.2 Å². The lowest BCUT2D eigenvalue weighted by molar-refractivity contribution is -0.140. The lowest BCUT2D eigenvalue weighted by Crippen LogP contribution is -2.51. The first-order chi connectivity index (χ1) is 14.1. The first-order valence-electron chi connectivity index (χ1n) is 9.78. The van der Waals surface area contributed by atoms with E-state index in [9.17, 15) is 14.7 Å². The molecule has 2 N–H and O–H groups in total. The van der Waals surface area contributed by atoms with Crippen LogP contribution in [0.15, 0.2) is 48.5 Å². The van der Waals surface area contributed by atoms with Crippen LogP contribution in [0.5, 0.6) is 0 Å². The van der Waals surface area contributed by atoms with Gasteiger partial charge in [0.2, 0.25) is 0 Å². The van der Waals surface area contributed by atoms with Gasteiger partial charge in [0.15, 0.2) is 0 Å². The lowest BCUT2D eigenvalue weighted by Gasteiger charge is -2.29. The van der Waals surface area contributed by atoms with Gasteiger partial charge < -0.3 is 19.9 Å². The van der Waals surface area contributed by atoms with Crippen molar-refractivity contribution >= 4 is 12.1 Å². The Balaban J connectivity index is 1.39. The molecule has 2 aromatic rings. The molecular formula is C22H24N2O5. The molecule has 2 aliphatic rings. The highest BCUT2D eigenvalue weighted by Gasteiger charge is 2.30. The fourth-order valence-corrected chi connectivity index (χ4v) is 4.01. The molecule has 152 valence electrons. The van der Waals surface area contributed by atoms with Gasteiger partial charge in [-0.2, -0.15) is 0 Å². The van der Waals surface area contributed by atoms with Gasteiger partial charge in [0, 0.05) is 25.6 Å². The number of ether oxygens (including phenoxy) is 2. The van der Waals surface area contributed by atoms with Crippen molar-refractivity contribution in [2.75, 3.05) is 39.5 Å². The molecule has 0 radical (unpaired) electrons. The standard InChI is InChI=1S/C22H24N2O5/c25-21(26)20(13-24-9-11-28-12-10-24)23-22(27)29-14-19-17-7-3-1-5-15(17)16-6-2-4-8-18(16)19/h1-8,19-20H,9-14H2,(H,23,27)(H,25,26)/t20-/m0/s1. The minimum atomic E-state index is -1.08. The van der Waals surface area contributed by atoms with E-state index in [4.69, 9.17) is 9.47 Å². The van der Waals surface area contributed by atoms with Crippen molar-refractivity contribution in [3.8, 4) is 11.1 Å². The Morgan fingerprint density at radius 3 is 2.24 bits per heavy atom. The van der Waals surface area contributed by atoms with E-state index in [-0.39, 0.29) is 19.1 Å². The molecule has 0 aromatic heterocycles. The van der Waals surface area contributed by atoms with Crippen LogP contribution >= 0.6 is 0 Å². The Labute approximate surface area is 169 Å². The maximum Gasteiger partial charge on any atom is 0.407 e. The Kier molecular flexibility index (Phi) is 5.78. The van der Waals surface area contributed by atoms with E-state index in [0.717, 1.165) is 22.3 Å². The summed E-state index contributed by atoms with van der Waals surface area (Å²) in [7, 11) is 0. The van der Waals surface area contributed by atoms with Crippen LogP contribution in [0.2, 0.25) is 0 Å². The van der Waals surface area contributed by atoms with E-state index in [0.29, 0.717) is 26.3 Å². The molecule has 7 nitrogen and oxygen atoms in total. The number of carboxylic acid groups (broad SMARTS) is 1. The number of hydrogen-bond acceptors (Lipinski definition) is 5. The van der Waals surface area contributed by atoms with Crippen molar-refractivity contribution in [2.24, 2.45) is 0 Å². The smallest absolute Gasteiger partial charge is 0.407 e. The monoisotopic (exact) mass is 396 g/mol. The molecule has 0 unspecified atom stereocenters. The van der Waals surface area contributed by atoms with Crippen molar-refractivity contribution in [2.45, 2.75) is 12.0 Å². The number of carboxylic acids is 1. The van der Waals surface area contributed by atoms with Gasteiger partial charge in [-0.15, -0.1) is 0 Å². The third kappa shape index (κ3) is 4.26. The van der Waals surface area contributed by atoms with Gasteiger partial charge in [0.25, 0.3) is 0 Å². The molecule has 1 atom stereocenters. The first-order valence-corrected chi connectivity index (χ1v) is 9.78. The van der Waals surface area contributed by atoms with Crippen LogP contribution in [0.25, 0.3) is 11.1 Å². The second kappa shape index (κ2) is 8.63. The van der Waals surface area contributed by atoms with Crippen LogP contribution in [0.3, 0.4) is 0 Å². The van der Waals surface area contributed by atoms with E-state index < -0.39 is 18.1 Å². The zero-order valence-electron chi connectivity index (χ0n) is 16.0. The number of amides is 1. The van der Waals surface area contributed by atoms with Crippen molar-refractivity contribution in [3.05, 3.63) is 59.7 Å². The average molecular weight is 396 g/mol. The van der Waals surface area contributed by atoms with Gasteiger partial charge in [-0.1, -0.05) is 48.5 Å². The van der Waals surface area contributed by atoms with Gasteiger partial charge in [0.05, 0.1) is 13.2 Å². The van der Waals surface area contributed by atoms with Crippen LogP contribution in [-0.2, 0) is 14.3 Å². The molecule has 1 saturated heterocycles. The molecule has 7 heteroatoms.